The second kappa shape index (κ2) is 8.35. The molecule has 30 heavy (non-hydrogen) atoms. The molecule has 0 saturated heterocycles. The highest BCUT2D eigenvalue weighted by Gasteiger charge is 2.40. The van der Waals surface area contributed by atoms with Crippen LogP contribution in [0, 0.1) is 5.41 Å². The second-order valence-corrected chi connectivity index (χ2v) is 8.49. The van der Waals surface area contributed by atoms with E-state index in [9.17, 15) is 0 Å². The van der Waals surface area contributed by atoms with Crippen LogP contribution in [0.25, 0.3) is 0 Å². The van der Waals surface area contributed by atoms with Crippen molar-refractivity contribution in [2.75, 3.05) is 5.32 Å². The van der Waals surface area contributed by atoms with E-state index in [2.05, 4.69) is 41.7 Å². The number of aliphatic imine (C=N–C) groups is 1. The Morgan fingerprint density at radius 3 is 2.40 bits per heavy atom. The summed E-state index contributed by atoms with van der Waals surface area (Å²) in [4.78, 5) is 5.16. The molecule has 2 aliphatic rings. The average molecular weight is 397 g/mol. The smallest absolute Gasteiger partial charge is 0.132 e. The van der Waals surface area contributed by atoms with Crippen molar-refractivity contribution in [1.29, 1.82) is 0 Å². The molecule has 0 aromatic heterocycles. The van der Waals surface area contributed by atoms with Crippen molar-refractivity contribution in [2.45, 2.75) is 45.1 Å². The summed E-state index contributed by atoms with van der Waals surface area (Å²) in [7, 11) is 0. The van der Waals surface area contributed by atoms with E-state index in [0.29, 0.717) is 6.54 Å². The summed E-state index contributed by atoms with van der Waals surface area (Å²) in [5, 5.41) is 3.71. The van der Waals surface area contributed by atoms with Crippen LogP contribution in [0.4, 0.5) is 5.69 Å². The highest BCUT2D eigenvalue weighted by atomic mass is 16.5. The van der Waals surface area contributed by atoms with Crippen LogP contribution in [0.2, 0.25) is 0 Å². The number of fused-ring (bicyclic) bond motifs is 1. The number of rotatable bonds is 4. The van der Waals surface area contributed by atoms with Crippen molar-refractivity contribution in [2.24, 2.45) is 10.4 Å². The highest BCUT2D eigenvalue weighted by Crippen LogP contribution is 2.45. The van der Waals surface area contributed by atoms with E-state index in [-0.39, 0.29) is 5.41 Å². The Morgan fingerprint density at radius 1 is 0.800 bits per heavy atom. The quantitative estimate of drug-likeness (QED) is 0.515. The van der Waals surface area contributed by atoms with Gasteiger partial charge in [0.1, 0.15) is 17.3 Å². The van der Waals surface area contributed by atoms with Gasteiger partial charge in [-0.05, 0) is 49.1 Å². The number of amidine groups is 1. The average Bonchev–Trinajstić information content (AvgIpc) is 2.80. The van der Waals surface area contributed by atoms with E-state index >= 15 is 0 Å². The lowest BCUT2D eigenvalue weighted by Gasteiger charge is -2.42. The minimum Gasteiger partial charge on any atom is -0.457 e. The summed E-state index contributed by atoms with van der Waals surface area (Å²) in [6.07, 6.45) is 7.44. The van der Waals surface area contributed by atoms with Gasteiger partial charge in [0, 0.05) is 16.7 Å². The lowest BCUT2D eigenvalue weighted by atomic mass is 9.67. The van der Waals surface area contributed by atoms with E-state index in [1.807, 2.05) is 42.5 Å². The van der Waals surface area contributed by atoms with Gasteiger partial charge in [-0.15, -0.1) is 0 Å². The summed E-state index contributed by atoms with van der Waals surface area (Å²) < 4.78 is 6.15. The summed E-state index contributed by atoms with van der Waals surface area (Å²) in [6, 6.07) is 26.9. The van der Waals surface area contributed by atoms with Crippen LogP contribution in [0.15, 0.2) is 83.9 Å². The monoisotopic (exact) mass is 396 g/mol. The lowest BCUT2D eigenvalue weighted by molar-refractivity contribution is 0.278. The third-order valence-electron chi connectivity index (χ3n) is 6.46. The van der Waals surface area contributed by atoms with E-state index < -0.39 is 0 Å². The Morgan fingerprint density at radius 2 is 1.53 bits per heavy atom. The molecule has 0 atom stereocenters. The third kappa shape index (κ3) is 3.85. The molecular formula is C27H28N2O. The van der Waals surface area contributed by atoms with Gasteiger partial charge in [-0.1, -0.05) is 73.9 Å². The SMILES string of the molecule is c1ccc(Oc2ccccc2CN=C2Nc3ccccc3CC23CCCCC3)cc1. The van der Waals surface area contributed by atoms with Crippen molar-refractivity contribution >= 4 is 11.5 Å². The predicted molar refractivity (Wildman–Crippen MR) is 123 cm³/mol. The molecule has 1 aliphatic carbocycles. The molecule has 152 valence electrons. The van der Waals surface area contributed by atoms with Crippen LogP contribution in [0.1, 0.15) is 43.2 Å². The van der Waals surface area contributed by atoms with Crippen molar-refractivity contribution in [3.05, 3.63) is 90.0 Å². The number of hydrogen-bond acceptors (Lipinski definition) is 2. The highest BCUT2D eigenvalue weighted by molar-refractivity contribution is 6.02. The molecule has 1 heterocycles. The molecule has 1 fully saturated rings. The van der Waals surface area contributed by atoms with E-state index in [1.54, 1.807) is 0 Å². The van der Waals surface area contributed by atoms with E-state index in [1.165, 1.54) is 43.4 Å². The normalized spacial score (nSPS) is 18.6. The van der Waals surface area contributed by atoms with Crippen LogP contribution in [0.3, 0.4) is 0 Å². The van der Waals surface area contributed by atoms with Crippen molar-refractivity contribution < 1.29 is 4.74 Å². The van der Waals surface area contributed by atoms with Crippen molar-refractivity contribution in [3.8, 4) is 11.5 Å². The summed E-state index contributed by atoms with van der Waals surface area (Å²) >= 11 is 0. The molecule has 0 amide bonds. The van der Waals surface area contributed by atoms with Gasteiger partial charge in [-0.25, -0.2) is 0 Å². The first-order valence-corrected chi connectivity index (χ1v) is 11.0. The Kier molecular flexibility index (Phi) is 5.27. The van der Waals surface area contributed by atoms with Crippen LogP contribution in [0.5, 0.6) is 11.5 Å². The number of ether oxygens (including phenoxy) is 1. The third-order valence-corrected chi connectivity index (χ3v) is 6.46. The van der Waals surface area contributed by atoms with E-state index in [4.69, 9.17) is 9.73 Å². The number of benzene rings is 3. The molecule has 3 aromatic rings. The zero-order chi connectivity index (χ0) is 20.2. The van der Waals surface area contributed by atoms with Gasteiger partial charge in [-0.3, -0.25) is 4.99 Å². The second-order valence-electron chi connectivity index (χ2n) is 8.49. The van der Waals surface area contributed by atoms with Gasteiger partial charge < -0.3 is 10.1 Å². The maximum atomic E-state index is 6.15. The van der Waals surface area contributed by atoms with Gasteiger partial charge in [0.25, 0.3) is 0 Å². The van der Waals surface area contributed by atoms with Crippen molar-refractivity contribution in [1.82, 2.24) is 0 Å². The Labute approximate surface area is 178 Å². The first kappa shape index (κ1) is 18.9. The molecule has 1 aliphatic heterocycles. The molecule has 1 saturated carbocycles. The fraction of sp³-hybridized carbons (Fsp3) is 0.296. The van der Waals surface area contributed by atoms with Gasteiger partial charge in [0.2, 0.25) is 0 Å². The topological polar surface area (TPSA) is 33.6 Å². The fourth-order valence-corrected chi connectivity index (χ4v) is 4.87. The predicted octanol–water partition coefficient (Wildman–Crippen LogP) is 7.00. The van der Waals surface area contributed by atoms with Crippen LogP contribution in [-0.4, -0.2) is 5.84 Å². The van der Waals surface area contributed by atoms with Gasteiger partial charge in [0.05, 0.1) is 6.54 Å². The molecule has 1 spiro atoms. The minimum atomic E-state index is 0.155. The number of anilines is 1. The first-order chi connectivity index (χ1) is 14.8. The Hall–Kier alpha value is -3.07. The largest absolute Gasteiger partial charge is 0.457 e. The Balaban J connectivity index is 1.44. The van der Waals surface area contributed by atoms with Gasteiger partial charge >= 0.3 is 0 Å². The summed E-state index contributed by atoms with van der Waals surface area (Å²) in [5.41, 5.74) is 3.90. The molecule has 0 unspecified atom stereocenters. The van der Waals surface area contributed by atoms with Gasteiger partial charge in [0.15, 0.2) is 0 Å². The molecule has 5 rings (SSSR count). The number of para-hydroxylation sites is 3. The maximum Gasteiger partial charge on any atom is 0.132 e. The van der Waals surface area contributed by atoms with Crippen LogP contribution >= 0.6 is 0 Å². The summed E-state index contributed by atoms with van der Waals surface area (Å²) in [6.45, 7) is 0.620. The summed E-state index contributed by atoms with van der Waals surface area (Å²) in [5.74, 6) is 2.89. The van der Waals surface area contributed by atoms with Crippen LogP contribution < -0.4 is 10.1 Å². The molecule has 0 bridgehead atoms. The van der Waals surface area contributed by atoms with Crippen LogP contribution in [-0.2, 0) is 13.0 Å². The van der Waals surface area contributed by atoms with Crippen molar-refractivity contribution in [3.63, 3.8) is 0 Å². The number of nitrogens with zero attached hydrogens (tertiary/aromatic N) is 1. The maximum absolute atomic E-state index is 6.15. The fourth-order valence-electron chi connectivity index (χ4n) is 4.87. The Bertz CT molecular complexity index is 1040. The molecule has 1 N–H and O–H groups in total. The molecular weight excluding hydrogens is 368 g/mol. The molecule has 3 heteroatoms. The molecule has 0 radical (unpaired) electrons. The van der Waals surface area contributed by atoms with Gasteiger partial charge in [-0.2, -0.15) is 0 Å². The standard InChI is InChI=1S/C27H28N2O/c1-3-13-23(14-4-1)30-25-16-8-6-12-22(25)20-28-26-27(17-9-2-10-18-27)19-21-11-5-7-15-24(21)29-26/h1,3-8,11-16H,2,9-10,17-20H2,(H,28,29). The molecule has 3 aromatic carbocycles. The first-order valence-electron chi connectivity index (χ1n) is 11.0. The number of hydrogen-bond donors (Lipinski definition) is 1. The zero-order valence-corrected chi connectivity index (χ0v) is 17.3. The minimum absolute atomic E-state index is 0.155. The lowest BCUT2D eigenvalue weighted by Crippen LogP contribution is -2.43. The van der Waals surface area contributed by atoms with E-state index in [0.717, 1.165) is 29.3 Å². The molecule has 3 nitrogen and oxygen atoms in total. The zero-order valence-electron chi connectivity index (χ0n) is 17.3. The number of nitrogens with one attached hydrogen (secondary N) is 1.